The molecular formula is C13H21N3. The maximum atomic E-state index is 5.95. The van der Waals surface area contributed by atoms with Crippen LogP contribution in [0.1, 0.15) is 44.3 Å². The molecule has 3 rings (SSSR count). The summed E-state index contributed by atoms with van der Waals surface area (Å²) < 4.78 is 2.27. The molecule has 16 heavy (non-hydrogen) atoms. The van der Waals surface area contributed by atoms with Gasteiger partial charge in [-0.1, -0.05) is 6.42 Å². The zero-order chi connectivity index (χ0) is 11.1. The fourth-order valence-electron chi connectivity index (χ4n) is 3.72. The van der Waals surface area contributed by atoms with Crippen molar-refractivity contribution in [2.75, 3.05) is 0 Å². The third kappa shape index (κ3) is 1.67. The minimum absolute atomic E-state index is 0.0982. The molecule has 0 amide bonds. The second kappa shape index (κ2) is 3.88. The average Bonchev–Trinajstić information content (AvgIpc) is 2.91. The molecule has 2 bridgehead atoms. The molecule has 1 aromatic heterocycles. The number of rotatable bonds is 3. The van der Waals surface area contributed by atoms with Crippen molar-refractivity contribution in [3.05, 3.63) is 18.2 Å². The Kier molecular flexibility index (Phi) is 2.51. The highest BCUT2D eigenvalue weighted by molar-refractivity contribution is 5.04. The van der Waals surface area contributed by atoms with E-state index in [2.05, 4.69) is 9.55 Å². The summed E-state index contributed by atoms with van der Waals surface area (Å²) in [5.41, 5.74) is 7.13. The van der Waals surface area contributed by atoms with E-state index in [1.54, 1.807) is 0 Å². The first kappa shape index (κ1) is 10.3. The highest BCUT2D eigenvalue weighted by Gasteiger charge is 2.39. The molecule has 88 valence electrons. The van der Waals surface area contributed by atoms with Crippen LogP contribution < -0.4 is 5.73 Å². The summed E-state index contributed by atoms with van der Waals surface area (Å²) >= 11 is 0. The molecular weight excluding hydrogens is 198 g/mol. The Bertz CT molecular complexity index is 369. The predicted molar refractivity (Wildman–Crippen MR) is 63.8 cm³/mol. The number of imidazole rings is 1. The zero-order valence-electron chi connectivity index (χ0n) is 9.97. The van der Waals surface area contributed by atoms with Gasteiger partial charge in [0.2, 0.25) is 0 Å². The molecule has 4 atom stereocenters. The highest BCUT2D eigenvalue weighted by atomic mass is 15.1. The van der Waals surface area contributed by atoms with Crippen LogP contribution in [0.25, 0.3) is 0 Å². The van der Waals surface area contributed by atoms with Crippen molar-refractivity contribution in [3.8, 4) is 0 Å². The second-order valence-electron chi connectivity index (χ2n) is 5.69. The fraction of sp³-hybridized carbons (Fsp3) is 0.769. The minimum Gasteiger partial charge on any atom is -0.333 e. The molecule has 2 saturated carbocycles. The molecule has 3 heteroatoms. The fourth-order valence-corrected chi connectivity index (χ4v) is 3.72. The number of nitrogens with zero attached hydrogens (tertiary/aromatic N) is 2. The molecule has 2 fully saturated rings. The van der Waals surface area contributed by atoms with E-state index in [4.69, 9.17) is 5.73 Å². The molecule has 0 aromatic carbocycles. The van der Waals surface area contributed by atoms with Gasteiger partial charge >= 0.3 is 0 Å². The quantitative estimate of drug-likeness (QED) is 0.848. The van der Waals surface area contributed by atoms with Crippen molar-refractivity contribution >= 4 is 0 Å². The van der Waals surface area contributed by atoms with Crippen LogP contribution in [0.2, 0.25) is 0 Å². The molecule has 0 saturated heterocycles. The SMILES string of the molecule is C[C@H](N)c1cncn1CC1CC2CCC1C2. The van der Waals surface area contributed by atoms with E-state index >= 15 is 0 Å². The summed E-state index contributed by atoms with van der Waals surface area (Å²) in [4.78, 5) is 4.23. The van der Waals surface area contributed by atoms with Crippen LogP contribution in [0.3, 0.4) is 0 Å². The number of nitrogens with two attached hydrogens (primary N) is 1. The maximum Gasteiger partial charge on any atom is 0.0948 e. The lowest BCUT2D eigenvalue weighted by atomic mass is 9.89. The summed E-state index contributed by atoms with van der Waals surface area (Å²) in [5.74, 6) is 2.89. The van der Waals surface area contributed by atoms with Crippen molar-refractivity contribution in [1.82, 2.24) is 9.55 Å². The summed E-state index contributed by atoms with van der Waals surface area (Å²) in [6.45, 7) is 3.17. The topological polar surface area (TPSA) is 43.8 Å². The van der Waals surface area contributed by atoms with Crippen LogP contribution in [-0.4, -0.2) is 9.55 Å². The highest BCUT2D eigenvalue weighted by Crippen LogP contribution is 2.48. The van der Waals surface area contributed by atoms with Gasteiger partial charge in [-0.25, -0.2) is 4.98 Å². The van der Waals surface area contributed by atoms with Gasteiger partial charge in [0.05, 0.1) is 12.0 Å². The van der Waals surface area contributed by atoms with E-state index in [-0.39, 0.29) is 6.04 Å². The molecule has 1 heterocycles. The van der Waals surface area contributed by atoms with E-state index in [0.29, 0.717) is 0 Å². The Hall–Kier alpha value is -0.830. The maximum absolute atomic E-state index is 5.95. The lowest BCUT2D eigenvalue weighted by molar-refractivity contribution is 0.292. The Labute approximate surface area is 97.0 Å². The smallest absolute Gasteiger partial charge is 0.0948 e. The monoisotopic (exact) mass is 219 g/mol. The van der Waals surface area contributed by atoms with Gasteiger partial charge in [-0.2, -0.15) is 0 Å². The molecule has 2 aliphatic rings. The van der Waals surface area contributed by atoms with E-state index in [1.807, 2.05) is 19.4 Å². The lowest BCUT2D eigenvalue weighted by Crippen LogP contribution is -2.20. The van der Waals surface area contributed by atoms with Crippen LogP contribution in [0, 0.1) is 17.8 Å². The van der Waals surface area contributed by atoms with E-state index in [1.165, 1.54) is 31.4 Å². The van der Waals surface area contributed by atoms with Crippen LogP contribution in [0.5, 0.6) is 0 Å². The standard InChI is InChI=1S/C13H21N3/c1-9(14)13-6-15-8-16(13)7-12-5-10-2-3-11(12)4-10/h6,8-12H,2-5,7,14H2,1H3/t9-,10?,11?,12?/m0/s1. The Morgan fingerprint density at radius 3 is 3.00 bits per heavy atom. The summed E-state index contributed by atoms with van der Waals surface area (Å²) in [6, 6.07) is 0.0982. The van der Waals surface area contributed by atoms with Crippen LogP contribution >= 0.6 is 0 Å². The summed E-state index contributed by atoms with van der Waals surface area (Å²) in [7, 11) is 0. The number of hydrogen-bond acceptors (Lipinski definition) is 2. The Morgan fingerprint density at radius 1 is 1.50 bits per heavy atom. The molecule has 2 N–H and O–H groups in total. The number of hydrogen-bond donors (Lipinski definition) is 1. The number of fused-ring (bicyclic) bond motifs is 2. The van der Waals surface area contributed by atoms with E-state index < -0.39 is 0 Å². The van der Waals surface area contributed by atoms with Crippen molar-refractivity contribution in [2.45, 2.75) is 45.2 Å². The van der Waals surface area contributed by atoms with Crippen LogP contribution in [-0.2, 0) is 6.54 Å². The van der Waals surface area contributed by atoms with Crippen LogP contribution in [0.15, 0.2) is 12.5 Å². The first-order valence-electron chi connectivity index (χ1n) is 6.49. The van der Waals surface area contributed by atoms with E-state index in [9.17, 15) is 0 Å². The van der Waals surface area contributed by atoms with Gasteiger partial charge in [0, 0.05) is 18.8 Å². The third-order valence-corrected chi connectivity index (χ3v) is 4.53. The molecule has 0 spiro atoms. The average molecular weight is 219 g/mol. The van der Waals surface area contributed by atoms with Crippen LogP contribution in [0.4, 0.5) is 0 Å². The van der Waals surface area contributed by atoms with Gasteiger partial charge in [0.15, 0.2) is 0 Å². The third-order valence-electron chi connectivity index (χ3n) is 4.53. The van der Waals surface area contributed by atoms with Gasteiger partial charge in [-0.15, -0.1) is 0 Å². The summed E-state index contributed by atoms with van der Waals surface area (Å²) in [5, 5.41) is 0. The summed E-state index contributed by atoms with van der Waals surface area (Å²) in [6.07, 6.45) is 9.71. The Morgan fingerprint density at radius 2 is 2.38 bits per heavy atom. The first-order valence-corrected chi connectivity index (χ1v) is 6.49. The van der Waals surface area contributed by atoms with Gasteiger partial charge in [0.1, 0.15) is 0 Å². The van der Waals surface area contributed by atoms with Crippen molar-refractivity contribution in [1.29, 1.82) is 0 Å². The molecule has 3 unspecified atom stereocenters. The second-order valence-corrected chi connectivity index (χ2v) is 5.69. The van der Waals surface area contributed by atoms with Crippen molar-refractivity contribution < 1.29 is 0 Å². The number of aromatic nitrogens is 2. The Balaban J connectivity index is 1.72. The molecule has 3 nitrogen and oxygen atoms in total. The lowest BCUT2D eigenvalue weighted by Gasteiger charge is -2.23. The van der Waals surface area contributed by atoms with Crippen molar-refractivity contribution in [3.63, 3.8) is 0 Å². The normalized spacial score (nSPS) is 34.5. The van der Waals surface area contributed by atoms with E-state index in [0.717, 1.165) is 24.3 Å². The van der Waals surface area contributed by atoms with Gasteiger partial charge in [-0.3, -0.25) is 0 Å². The molecule has 1 aromatic rings. The predicted octanol–water partition coefficient (Wildman–Crippen LogP) is 2.34. The van der Waals surface area contributed by atoms with Gasteiger partial charge in [-0.05, 0) is 43.9 Å². The molecule has 0 radical (unpaired) electrons. The first-order chi connectivity index (χ1) is 7.74. The minimum atomic E-state index is 0.0982. The zero-order valence-corrected chi connectivity index (χ0v) is 9.97. The largest absolute Gasteiger partial charge is 0.333 e. The van der Waals surface area contributed by atoms with Gasteiger partial charge < -0.3 is 10.3 Å². The molecule has 0 aliphatic heterocycles. The van der Waals surface area contributed by atoms with Crippen molar-refractivity contribution in [2.24, 2.45) is 23.5 Å². The molecule has 2 aliphatic carbocycles. The van der Waals surface area contributed by atoms with Gasteiger partial charge in [0.25, 0.3) is 0 Å².